The Morgan fingerprint density at radius 3 is 1.12 bits per heavy atom. The lowest BCUT2D eigenvalue weighted by atomic mass is 9.71. The van der Waals surface area contributed by atoms with Gasteiger partial charge in [-0.3, -0.25) is 9.59 Å². The van der Waals surface area contributed by atoms with Crippen LogP contribution in [-0.4, -0.2) is 67.5 Å². The Kier molecular flexibility index (Phi) is 17.5. The highest BCUT2D eigenvalue weighted by Gasteiger charge is 2.45. The third-order valence-electron chi connectivity index (χ3n) is 8.36. The van der Waals surface area contributed by atoms with Gasteiger partial charge in [-0.1, -0.05) is 64.5 Å². The molecule has 0 bridgehead atoms. The molecule has 6 rings (SSSR count). The number of carboxylic acid groups (broad SMARTS) is 2. The summed E-state index contributed by atoms with van der Waals surface area (Å²) in [5.41, 5.74) is -2.80. The average Bonchev–Trinajstić information content (AvgIpc) is 3.22. The Labute approximate surface area is 377 Å². The standard InChI is InChI=1S/C21H14F6N2O4.C16H10F6O4.C5H5BrN2/c22-20(23,24)32-15-6-1-4-13(10-15)19(18(30)31,12-17-28-8-3-9-29-17)14-5-2-7-16(11-14)33-21(25,26)27;17-15(18,19)25-11-5-1-3-9(7-11)13(14(23)24)10-4-2-6-12(8-10)26-16(20,21)22;6-4-5-7-2-1-3-8-5/h1-11H,12H2,(H,30,31);1-8,13H,(H,23,24);1-3H,4H2. The lowest BCUT2D eigenvalue weighted by Crippen LogP contribution is -2.40. The molecule has 0 aliphatic rings. The van der Waals surface area contributed by atoms with Crippen molar-refractivity contribution in [3.05, 3.63) is 168 Å². The van der Waals surface area contributed by atoms with Gasteiger partial charge in [-0.2, -0.15) is 0 Å². The number of ether oxygens (including phenoxy) is 4. The van der Waals surface area contributed by atoms with E-state index in [-0.39, 0.29) is 28.1 Å². The lowest BCUT2D eigenvalue weighted by Gasteiger charge is -2.31. The van der Waals surface area contributed by atoms with Crippen LogP contribution in [-0.2, 0) is 26.8 Å². The second-order valence-corrected chi connectivity index (χ2v) is 13.6. The number of carboxylic acids is 2. The summed E-state index contributed by atoms with van der Waals surface area (Å²) in [6.45, 7) is 0. The van der Waals surface area contributed by atoms with E-state index in [0.29, 0.717) is 0 Å². The fourth-order valence-corrected chi connectivity index (χ4v) is 6.22. The van der Waals surface area contributed by atoms with Crippen LogP contribution in [0, 0.1) is 0 Å². The van der Waals surface area contributed by atoms with Crippen LogP contribution in [0.2, 0.25) is 0 Å². The van der Waals surface area contributed by atoms with E-state index >= 15 is 0 Å². The molecular weight excluding hydrogens is 996 g/mol. The summed E-state index contributed by atoms with van der Waals surface area (Å²) in [6.07, 6.45) is -14.4. The van der Waals surface area contributed by atoms with Crippen LogP contribution in [0.25, 0.3) is 0 Å². The minimum atomic E-state index is -5.05. The number of benzene rings is 4. The van der Waals surface area contributed by atoms with E-state index < -0.39 is 78.1 Å². The number of halogens is 13. The number of carbonyl (C=O) groups is 2. The highest BCUT2D eigenvalue weighted by Crippen LogP contribution is 2.40. The number of aliphatic carboxylic acids is 2. The quantitative estimate of drug-likeness (QED) is 0.0833. The van der Waals surface area contributed by atoms with Gasteiger partial charge < -0.3 is 29.2 Å². The minimum absolute atomic E-state index is 0.0100. The van der Waals surface area contributed by atoms with E-state index in [9.17, 15) is 72.5 Å². The zero-order chi connectivity index (χ0) is 49.6. The number of alkyl halides is 13. The first kappa shape index (κ1) is 52.4. The van der Waals surface area contributed by atoms with Crippen molar-refractivity contribution in [2.75, 3.05) is 0 Å². The molecule has 0 fully saturated rings. The van der Waals surface area contributed by atoms with Crippen molar-refractivity contribution >= 4 is 27.9 Å². The Balaban J connectivity index is 0.000000255. The van der Waals surface area contributed by atoms with Crippen molar-refractivity contribution in [1.29, 1.82) is 0 Å². The third kappa shape index (κ3) is 17.0. The number of aromatic nitrogens is 4. The topological polar surface area (TPSA) is 163 Å². The van der Waals surface area contributed by atoms with E-state index in [1.807, 2.05) is 0 Å². The van der Waals surface area contributed by atoms with Crippen molar-refractivity contribution in [3.63, 3.8) is 0 Å². The fourth-order valence-electron chi connectivity index (χ4n) is 5.93. The monoisotopic (exact) mass is 1020 g/mol. The fraction of sp³-hybridized carbons (Fsp3) is 0.190. The largest absolute Gasteiger partial charge is 0.573 e. The first-order valence-corrected chi connectivity index (χ1v) is 19.4. The molecule has 0 atom stereocenters. The van der Waals surface area contributed by atoms with Gasteiger partial charge in [-0.15, -0.1) is 52.7 Å². The lowest BCUT2D eigenvalue weighted by molar-refractivity contribution is -0.275. The maximum absolute atomic E-state index is 12.7. The Bertz CT molecular complexity index is 2430. The van der Waals surface area contributed by atoms with Crippen molar-refractivity contribution in [2.24, 2.45) is 0 Å². The zero-order valence-corrected chi connectivity index (χ0v) is 34.8. The summed E-state index contributed by atoms with van der Waals surface area (Å²) in [5.74, 6) is -6.46. The van der Waals surface area contributed by atoms with Gasteiger partial charge in [-0.25, -0.2) is 19.9 Å². The van der Waals surface area contributed by atoms with Crippen LogP contribution < -0.4 is 18.9 Å². The molecule has 0 spiro atoms. The molecule has 25 heteroatoms. The van der Waals surface area contributed by atoms with Gasteiger partial charge in [0.25, 0.3) is 0 Å². The zero-order valence-electron chi connectivity index (χ0n) is 33.2. The van der Waals surface area contributed by atoms with E-state index in [1.165, 1.54) is 42.7 Å². The summed E-state index contributed by atoms with van der Waals surface area (Å²) in [7, 11) is 0. The van der Waals surface area contributed by atoms with E-state index in [4.69, 9.17) is 0 Å². The normalized spacial score (nSPS) is 11.9. The minimum Gasteiger partial charge on any atom is -0.481 e. The SMILES string of the molecule is BrCc1ncccn1.O=C(O)C(Cc1ncccn1)(c1cccc(OC(F)(F)F)c1)c1cccc(OC(F)(F)F)c1.O=C(O)C(c1cccc(OC(F)(F)F)c1)c1cccc(OC(F)(F)F)c1. The molecule has 0 aliphatic heterocycles. The number of hydrogen-bond acceptors (Lipinski definition) is 10. The molecule has 4 aromatic carbocycles. The van der Waals surface area contributed by atoms with Gasteiger partial charge in [0.05, 0.1) is 5.33 Å². The highest BCUT2D eigenvalue weighted by atomic mass is 79.9. The number of rotatable bonds is 13. The molecule has 0 unspecified atom stereocenters. The summed E-state index contributed by atoms with van der Waals surface area (Å²) >= 11 is 3.23. The van der Waals surface area contributed by atoms with Crippen molar-refractivity contribution in [3.8, 4) is 23.0 Å². The summed E-state index contributed by atoms with van der Waals surface area (Å²) < 4.78 is 165. The highest BCUT2D eigenvalue weighted by molar-refractivity contribution is 9.08. The molecular formula is C42H29BrF12N4O8. The second-order valence-electron chi connectivity index (χ2n) is 13.0. The number of hydrogen-bond donors (Lipinski definition) is 2. The van der Waals surface area contributed by atoms with E-state index in [1.54, 1.807) is 18.5 Å². The second kappa shape index (κ2) is 22.3. The van der Waals surface area contributed by atoms with Gasteiger partial charge in [0.15, 0.2) is 0 Å². The van der Waals surface area contributed by atoms with Gasteiger partial charge in [0.2, 0.25) is 0 Å². The van der Waals surface area contributed by atoms with Crippen LogP contribution in [0.15, 0.2) is 134 Å². The molecule has 0 aliphatic carbocycles. The molecule has 356 valence electrons. The summed E-state index contributed by atoms with van der Waals surface area (Å²) in [6, 6.07) is 20.0. The number of nitrogens with zero attached hydrogens (tertiary/aromatic N) is 4. The summed E-state index contributed by atoms with van der Waals surface area (Å²) in [4.78, 5) is 40.0. The Morgan fingerprint density at radius 2 is 0.821 bits per heavy atom. The molecule has 67 heavy (non-hydrogen) atoms. The van der Waals surface area contributed by atoms with Gasteiger partial charge in [0.1, 0.15) is 46.0 Å². The molecule has 0 radical (unpaired) electrons. The average molecular weight is 1030 g/mol. The molecule has 2 aromatic heterocycles. The van der Waals surface area contributed by atoms with Crippen LogP contribution in [0.3, 0.4) is 0 Å². The molecule has 0 amide bonds. The van der Waals surface area contributed by atoms with E-state index in [0.717, 1.165) is 84.0 Å². The first-order chi connectivity index (χ1) is 31.3. The molecule has 0 saturated carbocycles. The smallest absolute Gasteiger partial charge is 0.481 e. The van der Waals surface area contributed by atoms with Crippen molar-refractivity contribution < 1.29 is 91.4 Å². The first-order valence-electron chi connectivity index (χ1n) is 18.2. The maximum Gasteiger partial charge on any atom is 0.573 e. The van der Waals surface area contributed by atoms with Crippen molar-refractivity contribution in [1.82, 2.24) is 19.9 Å². The Morgan fingerprint density at radius 1 is 0.493 bits per heavy atom. The summed E-state index contributed by atoms with van der Waals surface area (Å²) in [5, 5.41) is 20.4. The predicted octanol–water partition coefficient (Wildman–Crippen LogP) is 11.0. The van der Waals surface area contributed by atoms with Crippen LogP contribution in [0.5, 0.6) is 23.0 Å². The van der Waals surface area contributed by atoms with Gasteiger partial charge >= 0.3 is 37.4 Å². The predicted molar refractivity (Wildman–Crippen MR) is 211 cm³/mol. The Hall–Kier alpha value is -7.18. The molecule has 2 N–H and O–H groups in total. The molecule has 0 saturated heterocycles. The van der Waals surface area contributed by atoms with Crippen LogP contribution in [0.4, 0.5) is 52.7 Å². The van der Waals surface area contributed by atoms with Gasteiger partial charge in [-0.05, 0) is 82.9 Å². The molecule has 2 heterocycles. The van der Waals surface area contributed by atoms with Gasteiger partial charge in [0, 0.05) is 31.2 Å². The third-order valence-corrected chi connectivity index (χ3v) is 8.87. The molecule has 6 aromatic rings. The maximum atomic E-state index is 12.7. The van der Waals surface area contributed by atoms with Crippen LogP contribution >= 0.6 is 15.9 Å². The van der Waals surface area contributed by atoms with Crippen LogP contribution in [0.1, 0.15) is 39.8 Å². The van der Waals surface area contributed by atoms with E-state index in [2.05, 4.69) is 54.8 Å². The molecule has 12 nitrogen and oxygen atoms in total. The van der Waals surface area contributed by atoms with Crippen molar-refractivity contribution in [2.45, 2.75) is 48.5 Å².